The minimum Gasteiger partial charge on any atom is -0.365 e. The van der Waals surface area contributed by atoms with Crippen molar-refractivity contribution in [2.24, 2.45) is 5.73 Å². The number of halogens is 1. The van der Waals surface area contributed by atoms with Crippen LogP contribution < -0.4 is 21.3 Å². The van der Waals surface area contributed by atoms with Gasteiger partial charge in [-0.2, -0.15) is 4.39 Å². The van der Waals surface area contributed by atoms with Crippen molar-refractivity contribution in [1.29, 1.82) is 0 Å². The number of rotatable bonds is 6. The Bertz CT molecular complexity index is 1060. The Hall–Kier alpha value is -4.01. The number of anilines is 5. The molecule has 8 nitrogen and oxygen atoms in total. The lowest BCUT2D eigenvalue weighted by molar-refractivity contribution is -0.114. The number of primary amides is 1. The molecular weight excluding hydrogens is 375 g/mol. The number of benzene rings is 1. The molecule has 0 saturated heterocycles. The molecule has 0 fully saturated rings. The molecule has 0 aliphatic carbocycles. The molecule has 148 valence electrons. The summed E-state index contributed by atoms with van der Waals surface area (Å²) < 4.78 is 13.5. The fourth-order valence-electron chi connectivity index (χ4n) is 2.68. The van der Waals surface area contributed by atoms with Gasteiger partial charge in [-0.15, -0.1) is 0 Å². The predicted molar refractivity (Wildman–Crippen MR) is 109 cm³/mol. The highest BCUT2D eigenvalue weighted by Crippen LogP contribution is 2.29. The monoisotopic (exact) mass is 394 g/mol. The van der Waals surface area contributed by atoms with E-state index in [0.717, 1.165) is 5.69 Å². The number of nitrogens with one attached hydrogen (secondary N) is 2. The van der Waals surface area contributed by atoms with Gasteiger partial charge in [0, 0.05) is 37.6 Å². The van der Waals surface area contributed by atoms with Gasteiger partial charge in [0.05, 0.1) is 11.3 Å². The summed E-state index contributed by atoms with van der Waals surface area (Å²) in [4.78, 5) is 32.5. The third-order valence-electron chi connectivity index (χ3n) is 4.03. The van der Waals surface area contributed by atoms with Crippen LogP contribution in [0.4, 0.5) is 33.1 Å². The summed E-state index contributed by atoms with van der Waals surface area (Å²) in [6.45, 7) is 1.43. The van der Waals surface area contributed by atoms with Crippen molar-refractivity contribution in [3.8, 4) is 0 Å². The SMILES string of the molecule is CC(=O)Nc1ccc(Nc2cc(N(C)c3cccc(F)n3)c(C(N)=O)cn2)cc1. The molecule has 0 spiro atoms. The average molecular weight is 394 g/mol. The maximum Gasteiger partial charge on any atom is 0.252 e. The van der Waals surface area contributed by atoms with Gasteiger partial charge in [-0.1, -0.05) is 6.07 Å². The van der Waals surface area contributed by atoms with E-state index in [0.29, 0.717) is 23.0 Å². The molecule has 0 aliphatic heterocycles. The third kappa shape index (κ3) is 4.83. The summed E-state index contributed by atoms with van der Waals surface area (Å²) in [6, 6.07) is 13.0. The molecule has 2 aromatic heterocycles. The zero-order valence-corrected chi connectivity index (χ0v) is 15.8. The number of carbonyl (C=O) groups is 2. The van der Waals surface area contributed by atoms with E-state index in [1.165, 1.54) is 25.3 Å². The van der Waals surface area contributed by atoms with Gasteiger partial charge in [-0.05, 0) is 36.4 Å². The highest BCUT2D eigenvalue weighted by molar-refractivity contribution is 5.99. The minimum absolute atomic E-state index is 0.159. The van der Waals surface area contributed by atoms with E-state index in [-0.39, 0.29) is 11.5 Å². The largest absolute Gasteiger partial charge is 0.365 e. The van der Waals surface area contributed by atoms with Crippen molar-refractivity contribution in [2.45, 2.75) is 6.92 Å². The molecular formula is C20H19FN6O2. The molecule has 3 rings (SSSR count). The van der Waals surface area contributed by atoms with Gasteiger partial charge in [0.15, 0.2) is 0 Å². The summed E-state index contributed by atoms with van der Waals surface area (Å²) in [5.74, 6) is -0.707. The lowest BCUT2D eigenvalue weighted by Crippen LogP contribution is -2.20. The Balaban J connectivity index is 1.90. The normalized spacial score (nSPS) is 10.3. The van der Waals surface area contributed by atoms with Crippen LogP contribution in [0.5, 0.6) is 0 Å². The summed E-state index contributed by atoms with van der Waals surface area (Å²) in [5, 5.41) is 5.80. The fourth-order valence-corrected chi connectivity index (χ4v) is 2.68. The second-order valence-electron chi connectivity index (χ2n) is 6.21. The number of pyridine rings is 2. The van der Waals surface area contributed by atoms with E-state index in [1.807, 2.05) is 0 Å². The van der Waals surface area contributed by atoms with Crippen LogP contribution in [0.3, 0.4) is 0 Å². The number of nitrogens with zero attached hydrogens (tertiary/aromatic N) is 3. The molecule has 2 amide bonds. The Morgan fingerprint density at radius 1 is 1.10 bits per heavy atom. The van der Waals surface area contributed by atoms with Crippen LogP contribution in [0.2, 0.25) is 0 Å². The zero-order valence-electron chi connectivity index (χ0n) is 15.8. The number of aromatic nitrogens is 2. The van der Waals surface area contributed by atoms with Gasteiger partial charge in [0.1, 0.15) is 11.6 Å². The Morgan fingerprint density at radius 3 is 2.41 bits per heavy atom. The van der Waals surface area contributed by atoms with Crippen LogP contribution in [-0.4, -0.2) is 28.8 Å². The van der Waals surface area contributed by atoms with Crippen molar-refractivity contribution in [3.05, 3.63) is 66.2 Å². The van der Waals surface area contributed by atoms with Gasteiger partial charge >= 0.3 is 0 Å². The topological polar surface area (TPSA) is 113 Å². The van der Waals surface area contributed by atoms with Crippen LogP contribution in [0.15, 0.2) is 54.7 Å². The molecule has 0 bridgehead atoms. The summed E-state index contributed by atoms with van der Waals surface area (Å²) in [6.07, 6.45) is 1.35. The lowest BCUT2D eigenvalue weighted by Gasteiger charge is -2.21. The second kappa shape index (κ2) is 8.34. The average Bonchev–Trinajstić information content (AvgIpc) is 2.68. The maximum atomic E-state index is 13.5. The van der Waals surface area contributed by atoms with Gasteiger partial charge in [-0.3, -0.25) is 9.59 Å². The predicted octanol–water partition coefficient (Wildman–Crippen LogP) is 3.18. The lowest BCUT2D eigenvalue weighted by atomic mass is 10.2. The highest BCUT2D eigenvalue weighted by atomic mass is 19.1. The van der Waals surface area contributed by atoms with Crippen molar-refractivity contribution in [2.75, 3.05) is 22.6 Å². The van der Waals surface area contributed by atoms with Crippen molar-refractivity contribution in [1.82, 2.24) is 9.97 Å². The minimum atomic E-state index is -0.665. The highest BCUT2D eigenvalue weighted by Gasteiger charge is 2.16. The molecule has 4 N–H and O–H groups in total. The van der Waals surface area contributed by atoms with Crippen LogP contribution >= 0.6 is 0 Å². The Kier molecular flexibility index (Phi) is 5.68. The van der Waals surface area contributed by atoms with Gasteiger partial charge in [0.25, 0.3) is 5.91 Å². The molecule has 0 saturated carbocycles. The molecule has 0 atom stereocenters. The molecule has 1 aromatic carbocycles. The zero-order chi connectivity index (χ0) is 21.0. The molecule has 0 radical (unpaired) electrons. The Morgan fingerprint density at radius 2 is 1.79 bits per heavy atom. The summed E-state index contributed by atoms with van der Waals surface area (Å²) >= 11 is 0. The Labute approximate surface area is 166 Å². The van der Waals surface area contributed by atoms with Crippen LogP contribution in [0.1, 0.15) is 17.3 Å². The molecule has 2 heterocycles. The van der Waals surface area contributed by atoms with E-state index in [4.69, 9.17) is 5.73 Å². The standard InChI is InChI=1S/C20H19FN6O2/c1-12(28)24-13-6-8-14(9-7-13)25-18-10-16(15(11-23-18)20(22)29)27(2)19-5-3-4-17(21)26-19/h3-11H,1-2H3,(H2,22,29)(H,23,25)(H,24,28). The molecule has 0 unspecified atom stereocenters. The fraction of sp³-hybridized carbons (Fsp3) is 0.100. The van der Waals surface area contributed by atoms with Crippen LogP contribution in [0.25, 0.3) is 0 Å². The number of hydrogen-bond donors (Lipinski definition) is 3. The maximum absolute atomic E-state index is 13.5. The summed E-state index contributed by atoms with van der Waals surface area (Å²) in [5.41, 5.74) is 7.44. The van der Waals surface area contributed by atoms with Gasteiger partial charge in [-0.25, -0.2) is 9.97 Å². The first-order valence-electron chi connectivity index (χ1n) is 8.64. The van der Waals surface area contributed by atoms with Crippen molar-refractivity contribution < 1.29 is 14.0 Å². The first-order valence-corrected chi connectivity index (χ1v) is 8.64. The second-order valence-corrected chi connectivity index (χ2v) is 6.21. The van der Waals surface area contributed by atoms with E-state index >= 15 is 0 Å². The molecule has 9 heteroatoms. The third-order valence-corrected chi connectivity index (χ3v) is 4.03. The van der Waals surface area contributed by atoms with Gasteiger partial charge in [0.2, 0.25) is 11.9 Å². The number of amides is 2. The quantitative estimate of drug-likeness (QED) is 0.554. The first kappa shape index (κ1) is 19.7. The number of carbonyl (C=O) groups excluding carboxylic acids is 2. The van der Waals surface area contributed by atoms with Crippen LogP contribution in [-0.2, 0) is 4.79 Å². The number of hydrogen-bond acceptors (Lipinski definition) is 6. The van der Waals surface area contributed by atoms with E-state index < -0.39 is 11.9 Å². The van der Waals surface area contributed by atoms with Crippen molar-refractivity contribution in [3.63, 3.8) is 0 Å². The molecule has 0 aliphatic rings. The first-order chi connectivity index (χ1) is 13.8. The van der Waals surface area contributed by atoms with E-state index in [9.17, 15) is 14.0 Å². The van der Waals surface area contributed by atoms with Gasteiger partial charge < -0.3 is 21.3 Å². The molecule has 29 heavy (non-hydrogen) atoms. The number of nitrogens with two attached hydrogens (primary N) is 1. The van der Waals surface area contributed by atoms with E-state index in [1.54, 1.807) is 48.3 Å². The molecule has 3 aromatic rings. The van der Waals surface area contributed by atoms with Crippen LogP contribution in [0, 0.1) is 5.95 Å². The smallest absolute Gasteiger partial charge is 0.252 e. The van der Waals surface area contributed by atoms with E-state index in [2.05, 4.69) is 20.6 Å². The van der Waals surface area contributed by atoms with Crippen molar-refractivity contribution >= 4 is 40.5 Å². The summed E-state index contributed by atoms with van der Waals surface area (Å²) in [7, 11) is 1.65.